The molecule has 0 aliphatic heterocycles. The second-order valence-electron chi connectivity index (χ2n) is 6.18. The molecule has 0 spiro atoms. The van der Waals surface area contributed by atoms with E-state index in [-0.39, 0.29) is 5.91 Å². The minimum absolute atomic E-state index is 0.0770. The Morgan fingerprint density at radius 1 is 1.08 bits per heavy atom. The van der Waals surface area contributed by atoms with E-state index in [2.05, 4.69) is 52.7 Å². The highest BCUT2D eigenvalue weighted by Gasteiger charge is 2.03. The van der Waals surface area contributed by atoms with E-state index in [1.54, 1.807) is 11.0 Å². The average molecular weight is 334 g/mol. The third-order valence-corrected chi connectivity index (χ3v) is 4.05. The lowest BCUT2D eigenvalue weighted by Gasteiger charge is -2.07. The van der Waals surface area contributed by atoms with Gasteiger partial charge in [0.1, 0.15) is 12.7 Å². The molecule has 0 aliphatic carbocycles. The Balaban J connectivity index is 1.44. The van der Waals surface area contributed by atoms with Gasteiger partial charge in [0.2, 0.25) is 5.91 Å². The first-order valence-electron chi connectivity index (χ1n) is 8.41. The van der Waals surface area contributed by atoms with Crippen molar-refractivity contribution in [2.75, 3.05) is 0 Å². The normalized spacial score (nSPS) is 10.6. The zero-order chi connectivity index (χ0) is 17.5. The van der Waals surface area contributed by atoms with Crippen molar-refractivity contribution in [3.63, 3.8) is 0 Å². The quantitative estimate of drug-likeness (QED) is 0.723. The van der Waals surface area contributed by atoms with E-state index in [1.807, 2.05) is 18.2 Å². The van der Waals surface area contributed by atoms with Crippen LogP contribution < -0.4 is 5.32 Å². The fourth-order valence-corrected chi connectivity index (χ4v) is 2.68. The fraction of sp³-hybridized carbons (Fsp3) is 0.250. The van der Waals surface area contributed by atoms with Crippen LogP contribution in [0.1, 0.15) is 28.7 Å². The summed E-state index contributed by atoms with van der Waals surface area (Å²) in [4.78, 5) is 16.0. The molecular formula is C20H22N4O. The number of carbonyl (C=O) groups is 1. The minimum atomic E-state index is 0.0770. The molecule has 0 fully saturated rings. The van der Waals surface area contributed by atoms with Crippen molar-refractivity contribution in [3.8, 4) is 0 Å². The van der Waals surface area contributed by atoms with E-state index >= 15 is 0 Å². The molecule has 0 atom stereocenters. The largest absolute Gasteiger partial charge is 0.352 e. The summed E-state index contributed by atoms with van der Waals surface area (Å²) in [6, 6.07) is 16.5. The number of benzene rings is 2. The Kier molecular flexibility index (Phi) is 5.57. The first-order chi connectivity index (χ1) is 12.2. The number of hydrogen-bond donors (Lipinski definition) is 1. The Labute approximate surface area is 147 Å². The van der Waals surface area contributed by atoms with Crippen LogP contribution in [0.2, 0.25) is 0 Å². The third-order valence-electron chi connectivity index (χ3n) is 4.05. The van der Waals surface area contributed by atoms with E-state index in [4.69, 9.17) is 0 Å². The van der Waals surface area contributed by atoms with Crippen molar-refractivity contribution < 1.29 is 4.79 Å². The Morgan fingerprint density at radius 2 is 1.88 bits per heavy atom. The molecule has 2 aromatic carbocycles. The number of aromatic nitrogens is 3. The molecule has 0 aliphatic rings. The molecule has 1 heterocycles. The number of amides is 1. The van der Waals surface area contributed by atoms with Crippen LogP contribution >= 0.6 is 0 Å². The SMILES string of the molecule is Cc1cccc(CCC(=O)NCc2ccc(Cn3cncn3)cc2)c1. The van der Waals surface area contributed by atoms with Crippen LogP contribution in [-0.4, -0.2) is 20.7 Å². The van der Waals surface area contributed by atoms with E-state index in [0.29, 0.717) is 19.5 Å². The Hall–Kier alpha value is -2.95. The molecule has 128 valence electrons. The average Bonchev–Trinajstić information content (AvgIpc) is 3.12. The highest BCUT2D eigenvalue weighted by molar-refractivity contribution is 5.76. The summed E-state index contributed by atoms with van der Waals surface area (Å²) in [5.74, 6) is 0.0770. The smallest absolute Gasteiger partial charge is 0.220 e. The maximum atomic E-state index is 12.0. The van der Waals surface area contributed by atoms with Crippen molar-refractivity contribution in [2.24, 2.45) is 0 Å². The zero-order valence-electron chi connectivity index (χ0n) is 14.4. The first-order valence-corrected chi connectivity index (χ1v) is 8.41. The summed E-state index contributed by atoms with van der Waals surface area (Å²) < 4.78 is 1.78. The highest BCUT2D eigenvalue weighted by Crippen LogP contribution is 2.08. The summed E-state index contributed by atoms with van der Waals surface area (Å²) in [6.45, 7) is 3.31. The lowest BCUT2D eigenvalue weighted by molar-refractivity contribution is -0.121. The zero-order valence-corrected chi connectivity index (χ0v) is 14.4. The van der Waals surface area contributed by atoms with Gasteiger partial charge in [0, 0.05) is 13.0 Å². The van der Waals surface area contributed by atoms with Crippen molar-refractivity contribution in [1.82, 2.24) is 20.1 Å². The molecule has 0 saturated heterocycles. The van der Waals surface area contributed by atoms with Gasteiger partial charge in [-0.05, 0) is 30.0 Å². The van der Waals surface area contributed by atoms with Crippen LogP contribution in [0, 0.1) is 6.92 Å². The summed E-state index contributed by atoms with van der Waals surface area (Å²) in [6.07, 6.45) is 4.50. The van der Waals surface area contributed by atoms with Crippen molar-refractivity contribution in [3.05, 3.63) is 83.4 Å². The van der Waals surface area contributed by atoms with Gasteiger partial charge in [-0.1, -0.05) is 54.1 Å². The van der Waals surface area contributed by atoms with Crippen molar-refractivity contribution >= 4 is 5.91 Å². The van der Waals surface area contributed by atoms with Gasteiger partial charge < -0.3 is 5.32 Å². The van der Waals surface area contributed by atoms with Crippen molar-refractivity contribution in [1.29, 1.82) is 0 Å². The summed E-state index contributed by atoms with van der Waals surface area (Å²) in [5, 5.41) is 7.08. The number of hydrogen-bond acceptors (Lipinski definition) is 3. The summed E-state index contributed by atoms with van der Waals surface area (Å²) in [7, 11) is 0. The molecule has 3 rings (SSSR count). The predicted molar refractivity (Wildman–Crippen MR) is 96.9 cm³/mol. The van der Waals surface area contributed by atoms with Crippen molar-refractivity contribution in [2.45, 2.75) is 32.9 Å². The van der Waals surface area contributed by atoms with Crippen LogP contribution in [0.4, 0.5) is 0 Å². The monoisotopic (exact) mass is 334 g/mol. The Morgan fingerprint density at radius 3 is 2.60 bits per heavy atom. The molecule has 0 radical (unpaired) electrons. The highest BCUT2D eigenvalue weighted by atomic mass is 16.1. The van der Waals surface area contributed by atoms with E-state index in [9.17, 15) is 4.79 Å². The van der Waals surface area contributed by atoms with Crippen LogP contribution in [0.25, 0.3) is 0 Å². The van der Waals surface area contributed by atoms with Gasteiger partial charge in [-0.2, -0.15) is 5.10 Å². The summed E-state index contributed by atoms with van der Waals surface area (Å²) in [5.41, 5.74) is 4.67. The minimum Gasteiger partial charge on any atom is -0.352 e. The molecular weight excluding hydrogens is 312 g/mol. The standard InChI is InChI=1S/C20H22N4O/c1-16-3-2-4-17(11-16)9-10-20(25)22-12-18-5-7-19(8-6-18)13-24-15-21-14-23-24/h2-8,11,14-15H,9-10,12-13H2,1H3,(H,22,25). The molecule has 1 aromatic heterocycles. The molecule has 25 heavy (non-hydrogen) atoms. The van der Waals surface area contributed by atoms with Gasteiger partial charge >= 0.3 is 0 Å². The maximum Gasteiger partial charge on any atom is 0.220 e. The molecule has 0 unspecified atom stereocenters. The fourth-order valence-electron chi connectivity index (χ4n) is 2.68. The molecule has 0 saturated carbocycles. The van der Waals surface area contributed by atoms with E-state index in [0.717, 1.165) is 17.5 Å². The topological polar surface area (TPSA) is 59.8 Å². The van der Waals surface area contributed by atoms with Gasteiger partial charge in [0.15, 0.2) is 0 Å². The first kappa shape index (κ1) is 16.9. The molecule has 3 aromatic rings. The van der Waals surface area contributed by atoms with Gasteiger partial charge in [-0.3, -0.25) is 4.79 Å². The molecule has 1 N–H and O–H groups in total. The van der Waals surface area contributed by atoms with Crippen LogP contribution in [-0.2, 0) is 24.3 Å². The number of nitrogens with one attached hydrogen (secondary N) is 1. The summed E-state index contributed by atoms with van der Waals surface area (Å²) >= 11 is 0. The number of nitrogens with zero attached hydrogens (tertiary/aromatic N) is 3. The molecule has 0 bridgehead atoms. The van der Waals surface area contributed by atoms with Gasteiger partial charge in [-0.25, -0.2) is 9.67 Å². The lowest BCUT2D eigenvalue weighted by atomic mass is 10.1. The third kappa shape index (κ3) is 5.28. The Bertz CT molecular complexity index is 810. The molecule has 5 nitrogen and oxygen atoms in total. The second kappa shape index (κ2) is 8.24. The maximum absolute atomic E-state index is 12.0. The van der Waals surface area contributed by atoms with Crippen LogP contribution in [0.5, 0.6) is 0 Å². The predicted octanol–water partition coefficient (Wildman–Crippen LogP) is 2.88. The van der Waals surface area contributed by atoms with Gasteiger partial charge in [-0.15, -0.1) is 0 Å². The molecule has 1 amide bonds. The van der Waals surface area contributed by atoms with Gasteiger partial charge in [0.25, 0.3) is 0 Å². The molecule has 5 heteroatoms. The van der Waals surface area contributed by atoms with Crippen LogP contribution in [0.15, 0.2) is 61.2 Å². The van der Waals surface area contributed by atoms with Crippen LogP contribution in [0.3, 0.4) is 0 Å². The number of aryl methyl sites for hydroxylation is 2. The number of rotatable bonds is 7. The number of carbonyl (C=O) groups excluding carboxylic acids is 1. The second-order valence-corrected chi connectivity index (χ2v) is 6.18. The lowest BCUT2D eigenvalue weighted by Crippen LogP contribution is -2.23. The van der Waals surface area contributed by atoms with E-state index in [1.165, 1.54) is 17.5 Å². The van der Waals surface area contributed by atoms with Gasteiger partial charge in [0.05, 0.1) is 6.54 Å². The van der Waals surface area contributed by atoms with E-state index < -0.39 is 0 Å².